The van der Waals surface area contributed by atoms with E-state index in [0.717, 1.165) is 33.9 Å². The van der Waals surface area contributed by atoms with Gasteiger partial charge in [0.25, 0.3) is 0 Å². The van der Waals surface area contributed by atoms with Gasteiger partial charge in [0.15, 0.2) is 11.5 Å². The summed E-state index contributed by atoms with van der Waals surface area (Å²) >= 11 is 0. The summed E-state index contributed by atoms with van der Waals surface area (Å²) in [5.41, 5.74) is 3.69. The largest absolute Gasteiger partial charge is 0.497 e. The number of methoxy groups -OCH3 is 4. The van der Waals surface area contributed by atoms with Gasteiger partial charge in [-0.15, -0.1) is 0 Å². The summed E-state index contributed by atoms with van der Waals surface area (Å²) < 4.78 is 21.6. The molecule has 1 aliphatic heterocycles. The van der Waals surface area contributed by atoms with Crippen molar-refractivity contribution in [3.8, 4) is 23.0 Å². The van der Waals surface area contributed by atoms with Gasteiger partial charge in [-0.2, -0.15) is 0 Å². The van der Waals surface area contributed by atoms with E-state index in [9.17, 15) is 4.79 Å². The van der Waals surface area contributed by atoms with Crippen LogP contribution in [0.2, 0.25) is 0 Å². The molecule has 1 atom stereocenters. The van der Waals surface area contributed by atoms with Crippen molar-refractivity contribution in [3.05, 3.63) is 77.4 Å². The molecular weight excluding hydrogens is 394 g/mol. The van der Waals surface area contributed by atoms with Gasteiger partial charge in [-0.25, -0.2) is 0 Å². The van der Waals surface area contributed by atoms with Crippen molar-refractivity contribution in [3.63, 3.8) is 0 Å². The van der Waals surface area contributed by atoms with Crippen molar-refractivity contribution in [1.82, 2.24) is 0 Å². The third-order valence-corrected chi connectivity index (χ3v) is 5.59. The van der Waals surface area contributed by atoms with Crippen LogP contribution in [0.1, 0.15) is 22.7 Å². The molecule has 0 bridgehead atoms. The Bertz CT molecular complexity index is 1080. The maximum Gasteiger partial charge on any atom is 0.232 e. The second-order valence-electron chi connectivity index (χ2n) is 7.22. The van der Waals surface area contributed by atoms with Crippen LogP contribution in [-0.2, 0) is 11.2 Å². The van der Waals surface area contributed by atoms with E-state index in [-0.39, 0.29) is 18.4 Å². The fourth-order valence-corrected chi connectivity index (χ4v) is 4.03. The van der Waals surface area contributed by atoms with Gasteiger partial charge < -0.3 is 23.8 Å². The molecule has 31 heavy (non-hydrogen) atoms. The van der Waals surface area contributed by atoms with Gasteiger partial charge in [0, 0.05) is 5.69 Å². The number of rotatable bonds is 6. The Morgan fingerprint density at radius 2 is 1.29 bits per heavy atom. The van der Waals surface area contributed by atoms with Crippen LogP contribution in [0.4, 0.5) is 5.69 Å². The van der Waals surface area contributed by atoms with Crippen LogP contribution >= 0.6 is 0 Å². The third-order valence-electron chi connectivity index (χ3n) is 5.59. The smallest absolute Gasteiger partial charge is 0.232 e. The lowest BCUT2D eigenvalue weighted by atomic mass is 9.86. The molecule has 160 valence electrons. The summed E-state index contributed by atoms with van der Waals surface area (Å²) in [6, 6.07) is 18.8. The normalized spacial score (nSPS) is 15.3. The lowest BCUT2D eigenvalue weighted by Gasteiger charge is -2.38. The Labute approximate surface area is 181 Å². The molecule has 1 aliphatic rings. The summed E-state index contributed by atoms with van der Waals surface area (Å²) in [5, 5.41) is 0. The fraction of sp³-hybridized carbons (Fsp3) is 0.240. The Balaban J connectivity index is 1.90. The second kappa shape index (κ2) is 8.60. The average Bonchev–Trinajstić information content (AvgIpc) is 2.82. The molecule has 6 nitrogen and oxygen atoms in total. The molecule has 3 aromatic carbocycles. The Kier molecular flexibility index (Phi) is 5.71. The summed E-state index contributed by atoms with van der Waals surface area (Å²) in [6.07, 6.45) is 0.272. The number of hydrogen-bond acceptors (Lipinski definition) is 5. The van der Waals surface area contributed by atoms with E-state index in [1.165, 1.54) is 0 Å². The number of carbonyl (C=O) groups is 1. The van der Waals surface area contributed by atoms with Crippen molar-refractivity contribution in [2.45, 2.75) is 12.5 Å². The van der Waals surface area contributed by atoms with E-state index in [4.69, 9.17) is 18.9 Å². The number of anilines is 1. The number of hydrogen-bond donors (Lipinski definition) is 0. The molecule has 0 aromatic heterocycles. The first-order valence-corrected chi connectivity index (χ1v) is 9.94. The van der Waals surface area contributed by atoms with E-state index >= 15 is 0 Å². The first kappa shape index (κ1) is 20.6. The molecule has 4 rings (SSSR count). The van der Waals surface area contributed by atoms with Gasteiger partial charge in [0.05, 0.1) is 40.9 Å². The Hall–Kier alpha value is -3.67. The van der Waals surface area contributed by atoms with Crippen LogP contribution in [0.15, 0.2) is 60.7 Å². The van der Waals surface area contributed by atoms with E-state index in [2.05, 4.69) is 0 Å². The van der Waals surface area contributed by atoms with Gasteiger partial charge >= 0.3 is 0 Å². The van der Waals surface area contributed by atoms with E-state index < -0.39 is 0 Å². The van der Waals surface area contributed by atoms with Crippen molar-refractivity contribution < 1.29 is 23.7 Å². The lowest BCUT2D eigenvalue weighted by Crippen LogP contribution is -2.41. The molecular formula is C25H25NO5. The van der Waals surface area contributed by atoms with Gasteiger partial charge in [0.1, 0.15) is 11.5 Å². The van der Waals surface area contributed by atoms with E-state index in [1.807, 2.05) is 65.6 Å². The predicted octanol–water partition coefficient (Wildman–Crippen LogP) is 4.40. The quantitative estimate of drug-likeness (QED) is 0.593. The highest BCUT2D eigenvalue weighted by molar-refractivity contribution is 5.98. The second-order valence-corrected chi connectivity index (χ2v) is 7.22. The summed E-state index contributed by atoms with van der Waals surface area (Å²) in [7, 11) is 6.47. The number of fused-ring (bicyclic) bond motifs is 1. The van der Waals surface area contributed by atoms with Crippen LogP contribution in [0, 0.1) is 0 Å². The number of amides is 1. The first-order chi connectivity index (χ1) is 15.1. The van der Waals surface area contributed by atoms with Crippen molar-refractivity contribution >= 4 is 11.6 Å². The summed E-state index contributed by atoms with van der Waals surface area (Å²) in [4.78, 5) is 15.2. The molecule has 1 amide bonds. The minimum Gasteiger partial charge on any atom is -0.497 e. The van der Waals surface area contributed by atoms with Crippen molar-refractivity contribution in [2.75, 3.05) is 33.3 Å². The highest BCUT2D eigenvalue weighted by Gasteiger charge is 2.36. The van der Waals surface area contributed by atoms with Gasteiger partial charge in [-0.05, 0) is 65.2 Å². The lowest BCUT2D eigenvalue weighted by molar-refractivity contribution is -0.118. The van der Waals surface area contributed by atoms with Crippen LogP contribution < -0.4 is 23.8 Å². The van der Waals surface area contributed by atoms with Crippen molar-refractivity contribution in [2.24, 2.45) is 0 Å². The minimum atomic E-state index is -0.324. The number of nitrogens with zero attached hydrogens (tertiary/aromatic N) is 1. The SMILES string of the molecule is COc1ccc([C@H]2c3cc(OC)c(OC)cc3CC(=O)N2c2ccc(OC)cc2)cc1. The average molecular weight is 419 g/mol. The summed E-state index contributed by atoms with van der Waals surface area (Å²) in [6.45, 7) is 0. The van der Waals surface area contributed by atoms with Crippen LogP contribution in [0.3, 0.4) is 0 Å². The zero-order chi connectivity index (χ0) is 22.0. The van der Waals surface area contributed by atoms with E-state index in [0.29, 0.717) is 11.5 Å². The zero-order valence-corrected chi connectivity index (χ0v) is 18.0. The molecule has 0 N–H and O–H groups in total. The maximum absolute atomic E-state index is 13.4. The summed E-state index contributed by atoms with van der Waals surface area (Å²) in [5.74, 6) is 2.74. The highest BCUT2D eigenvalue weighted by Crippen LogP contribution is 2.43. The van der Waals surface area contributed by atoms with E-state index in [1.54, 1.807) is 28.4 Å². The molecule has 1 heterocycles. The molecule has 0 fully saturated rings. The standard InChI is InChI=1S/C25H25NO5/c1-28-19-9-5-16(6-10-19)25-21-15-23(31-4)22(30-3)13-17(21)14-24(27)26(25)18-7-11-20(29-2)12-8-18/h5-13,15,25H,14H2,1-4H3/t25-/m0/s1. The molecule has 0 saturated carbocycles. The highest BCUT2D eigenvalue weighted by atomic mass is 16.5. The molecule has 6 heteroatoms. The minimum absolute atomic E-state index is 0.00528. The van der Waals surface area contributed by atoms with Gasteiger partial charge in [-0.1, -0.05) is 12.1 Å². The molecule has 0 radical (unpaired) electrons. The molecule has 0 aliphatic carbocycles. The fourth-order valence-electron chi connectivity index (χ4n) is 4.03. The predicted molar refractivity (Wildman–Crippen MR) is 119 cm³/mol. The molecule has 0 spiro atoms. The topological polar surface area (TPSA) is 57.2 Å². The Morgan fingerprint density at radius 3 is 1.84 bits per heavy atom. The molecule has 0 saturated heterocycles. The first-order valence-electron chi connectivity index (χ1n) is 9.94. The van der Waals surface area contributed by atoms with Crippen molar-refractivity contribution in [1.29, 1.82) is 0 Å². The third kappa shape index (κ3) is 3.77. The van der Waals surface area contributed by atoms with Crippen LogP contribution in [-0.4, -0.2) is 34.3 Å². The maximum atomic E-state index is 13.4. The molecule has 3 aromatic rings. The van der Waals surface area contributed by atoms with Gasteiger partial charge in [-0.3, -0.25) is 4.79 Å². The zero-order valence-electron chi connectivity index (χ0n) is 18.0. The van der Waals surface area contributed by atoms with Crippen LogP contribution in [0.5, 0.6) is 23.0 Å². The number of ether oxygens (including phenoxy) is 4. The number of benzene rings is 3. The monoisotopic (exact) mass is 419 g/mol. The number of carbonyl (C=O) groups excluding carboxylic acids is 1. The van der Waals surface area contributed by atoms with Crippen LogP contribution in [0.25, 0.3) is 0 Å². The Morgan fingerprint density at radius 1 is 0.742 bits per heavy atom. The van der Waals surface area contributed by atoms with Gasteiger partial charge in [0.2, 0.25) is 5.91 Å². The molecule has 0 unspecified atom stereocenters.